The maximum absolute atomic E-state index is 13.4. The third-order valence-electron chi connectivity index (χ3n) is 7.15. The van der Waals surface area contributed by atoms with Crippen molar-refractivity contribution in [2.24, 2.45) is 0 Å². The lowest BCUT2D eigenvalue weighted by Crippen LogP contribution is -2.60. The number of aryl methyl sites for hydroxylation is 1. The second kappa shape index (κ2) is 11.0. The molecule has 2 bridgehead atoms. The molecule has 14 heteroatoms. The molecule has 2 N–H and O–H groups in total. The molecule has 3 fully saturated rings. The number of sulfonamides is 1. The van der Waals surface area contributed by atoms with Crippen LogP contribution in [0.2, 0.25) is 0 Å². The summed E-state index contributed by atoms with van der Waals surface area (Å²) in [7, 11) is -4.14. The standard InChI is InChI=1S/C26H34N6O7S/c1-16-7-9-19(10-8-16)40(37,38)29-24(35)32-14-18-12-21(32)23(34)31(18)15-20(28-25(36)39-26(2,3)4)22(33)30-11-5-6-17(30)13-27/h7-10,17-18,20-21H,5-6,11-12,14-15H2,1-4H3,(H,28,36)(H,29,35)/t17-,18+,20-,21+/m0/s1. The van der Waals surface area contributed by atoms with Crippen molar-refractivity contribution in [3.8, 4) is 6.07 Å². The van der Waals surface area contributed by atoms with Gasteiger partial charge in [0.15, 0.2) is 0 Å². The van der Waals surface area contributed by atoms with Gasteiger partial charge >= 0.3 is 12.1 Å². The Kier molecular flexibility index (Phi) is 7.98. The summed E-state index contributed by atoms with van der Waals surface area (Å²) >= 11 is 0. The molecule has 4 rings (SSSR count). The third-order valence-corrected chi connectivity index (χ3v) is 8.49. The van der Waals surface area contributed by atoms with E-state index < -0.39 is 63.7 Å². The third kappa shape index (κ3) is 6.14. The molecule has 5 amide bonds. The van der Waals surface area contributed by atoms with Crippen LogP contribution in [0.3, 0.4) is 0 Å². The molecule has 1 aromatic rings. The zero-order valence-electron chi connectivity index (χ0n) is 22.9. The summed E-state index contributed by atoms with van der Waals surface area (Å²) in [5.41, 5.74) is 0.0363. The minimum atomic E-state index is -4.14. The lowest BCUT2D eigenvalue weighted by atomic mass is 10.1. The van der Waals surface area contributed by atoms with Crippen molar-refractivity contribution in [3.63, 3.8) is 0 Å². The van der Waals surface area contributed by atoms with Crippen LogP contribution in [0.15, 0.2) is 29.2 Å². The minimum absolute atomic E-state index is 0.0591. The van der Waals surface area contributed by atoms with Gasteiger partial charge < -0.3 is 24.8 Å². The van der Waals surface area contributed by atoms with Crippen molar-refractivity contribution in [1.82, 2.24) is 24.7 Å². The van der Waals surface area contributed by atoms with Crippen molar-refractivity contribution in [3.05, 3.63) is 29.8 Å². The summed E-state index contributed by atoms with van der Waals surface area (Å²) in [6, 6.07) is 4.01. The van der Waals surface area contributed by atoms with Crippen LogP contribution >= 0.6 is 0 Å². The van der Waals surface area contributed by atoms with Gasteiger partial charge in [-0.3, -0.25) is 9.59 Å². The molecule has 0 aliphatic carbocycles. The van der Waals surface area contributed by atoms with Crippen molar-refractivity contribution < 1.29 is 32.3 Å². The molecule has 0 unspecified atom stereocenters. The molecule has 4 atom stereocenters. The molecule has 3 aliphatic rings. The highest BCUT2D eigenvalue weighted by Crippen LogP contribution is 2.32. The molecule has 216 valence electrons. The van der Waals surface area contributed by atoms with Gasteiger partial charge in [0, 0.05) is 13.1 Å². The van der Waals surface area contributed by atoms with Crippen molar-refractivity contribution in [2.75, 3.05) is 19.6 Å². The normalized spacial score (nSPS) is 23.1. The number of likely N-dealkylation sites (tertiary alicyclic amines) is 3. The van der Waals surface area contributed by atoms with Gasteiger partial charge in [0.1, 0.15) is 23.7 Å². The van der Waals surface area contributed by atoms with E-state index in [2.05, 4.69) is 11.4 Å². The number of alkyl carbamates (subject to hydrolysis) is 1. The van der Waals surface area contributed by atoms with E-state index in [4.69, 9.17) is 4.74 Å². The highest BCUT2D eigenvalue weighted by Gasteiger charge is 2.53. The number of nitriles is 1. The Morgan fingerprint density at radius 1 is 1.18 bits per heavy atom. The number of amides is 5. The minimum Gasteiger partial charge on any atom is -0.444 e. The van der Waals surface area contributed by atoms with E-state index in [0.717, 1.165) is 5.56 Å². The Morgan fingerprint density at radius 2 is 1.85 bits per heavy atom. The molecule has 0 radical (unpaired) electrons. The molecular weight excluding hydrogens is 540 g/mol. The van der Waals surface area contributed by atoms with E-state index in [1.807, 2.05) is 11.6 Å². The summed E-state index contributed by atoms with van der Waals surface area (Å²) in [6.07, 6.45) is 0.586. The van der Waals surface area contributed by atoms with Crippen LogP contribution in [-0.2, 0) is 24.3 Å². The van der Waals surface area contributed by atoms with Crippen LogP contribution in [-0.4, -0.2) is 96.5 Å². The first kappa shape index (κ1) is 29.1. The zero-order chi connectivity index (χ0) is 29.4. The molecule has 3 heterocycles. The first-order valence-corrected chi connectivity index (χ1v) is 14.6. The van der Waals surface area contributed by atoms with E-state index >= 15 is 0 Å². The van der Waals surface area contributed by atoms with E-state index in [1.165, 1.54) is 26.8 Å². The topological polar surface area (TPSA) is 169 Å². The summed E-state index contributed by atoms with van der Waals surface area (Å²) in [4.78, 5) is 56.1. The highest BCUT2D eigenvalue weighted by molar-refractivity contribution is 7.90. The van der Waals surface area contributed by atoms with Crippen LogP contribution < -0.4 is 10.0 Å². The number of nitrogens with one attached hydrogen (secondary N) is 2. The lowest BCUT2D eigenvalue weighted by Gasteiger charge is -2.36. The summed E-state index contributed by atoms with van der Waals surface area (Å²) in [5.74, 6) is -0.953. The Bertz CT molecular complexity index is 1330. The summed E-state index contributed by atoms with van der Waals surface area (Å²) < 4.78 is 32.7. The average molecular weight is 575 g/mol. The fourth-order valence-corrected chi connectivity index (χ4v) is 6.21. The predicted molar refractivity (Wildman–Crippen MR) is 141 cm³/mol. The van der Waals surface area contributed by atoms with Gasteiger partial charge in [-0.25, -0.2) is 22.7 Å². The summed E-state index contributed by atoms with van der Waals surface area (Å²) in [5, 5.41) is 12.0. The Balaban J connectivity index is 1.46. The highest BCUT2D eigenvalue weighted by atomic mass is 32.2. The first-order chi connectivity index (χ1) is 18.7. The number of carbonyl (C=O) groups is 4. The Hall–Kier alpha value is -3.86. The molecule has 0 spiro atoms. The van der Waals surface area contributed by atoms with E-state index in [1.54, 1.807) is 32.9 Å². The van der Waals surface area contributed by atoms with Gasteiger partial charge in [-0.2, -0.15) is 5.26 Å². The lowest BCUT2D eigenvalue weighted by molar-refractivity contribution is -0.139. The number of carbonyl (C=O) groups excluding carboxylic acids is 4. The fraction of sp³-hybridized carbons (Fsp3) is 0.577. The number of urea groups is 1. The van der Waals surface area contributed by atoms with Gasteiger partial charge in [0.25, 0.3) is 10.0 Å². The quantitative estimate of drug-likeness (QED) is 0.509. The number of benzene rings is 1. The number of hydrogen-bond donors (Lipinski definition) is 2. The van der Waals surface area contributed by atoms with Gasteiger partial charge in [0.2, 0.25) is 11.8 Å². The van der Waals surface area contributed by atoms with Gasteiger partial charge in [0.05, 0.1) is 23.6 Å². The predicted octanol–water partition coefficient (Wildman–Crippen LogP) is 1.09. The Morgan fingerprint density at radius 3 is 2.45 bits per heavy atom. The van der Waals surface area contributed by atoms with Crippen molar-refractivity contribution in [1.29, 1.82) is 5.26 Å². The number of piperazine rings is 1. The van der Waals surface area contributed by atoms with Crippen molar-refractivity contribution in [2.45, 2.75) is 81.6 Å². The SMILES string of the molecule is Cc1ccc(S(=O)(=O)NC(=O)N2C[C@H]3C[C@@H]2C(=O)N3C[C@H](NC(=O)OC(C)(C)C)C(=O)N2CCC[C@H]2C#N)cc1. The number of ether oxygens (including phenoxy) is 1. The Labute approximate surface area is 233 Å². The number of hydrogen-bond acceptors (Lipinski definition) is 8. The number of rotatable bonds is 6. The molecule has 13 nitrogen and oxygen atoms in total. The molecule has 3 saturated heterocycles. The van der Waals surface area contributed by atoms with Gasteiger partial charge in [-0.05, 0) is 59.1 Å². The maximum Gasteiger partial charge on any atom is 0.408 e. The molecule has 40 heavy (non-hydrogen) atoms. The van der Waals surface area contributed by atoms with E-state index in [0.29, 0.717) is 19.4 Å². The van der Waals surface area contributed by atoms with E-state index in [9.17, 15) is 32.9 Å². The van der Waals surface area contributed by atoms with Crippen LogP contribution in [0.25, 0.3) is 0 Å². The van der Waals surface area contributed by atoms with Crippen LogP contribution in [0.4, 0.5) is 9.59 Å². The van der Waals surface area contributed by atoms with Crippen LogP contribution in [0, 0.1) is 18.3 Å². The molecule has 1 aromatic carbocycles. The van der Waals surface area contributed by atoms with Gasteiger partial charge in [-0.1, -0.05) is 17.7 Å². The average Bonchev–Trinajstić information content (AvgIpc) is 3.58. The maximum atomic E-state index is 13.4. The van der Waals surface area contributed by atoms with Crippen molar-refractivity contribution >= 4 is 34.0 Å². The van der Waals surface area contributed by atoms with Gasteiger partial charge in [-0.15, -0.1) is 0 Å². The summed E-state index contributed by atoms with van der Waals surface area (Å²) in [6.45, 7) is 7.08. The molecule has 0 aromatic heterocycles. The second-order valence-corrected chi connectivity index (χ2v) is 13.0. The van der Waals surface area contributed by atoms with Crippen LogP contribution in [0.5, 0.6) is 0 Å². The largest absolute Gasteiger partial charge is 0.444 e. The fourth-order valence-electron chi connectivity index (χ4n) is 5.26. The smallest absolute Gasteiger partial charge is 0.408 e. The molecule has 0 saturated carbocycles. The monoisotopic (exact) mass is 574 g/mol. The zero-order valence-corrected chi connectivity index (χ0v) is 23.7. The number of fused-ring (bicyclic) bond motifs is 2. The molecule has 3 aliphatic heterocycles. The second-order valence-electron chi connectivity index (χ2n) is 11.3. The first-order valence-electron chi connectivity index (χ1n) is 13.1. The molecular formula is C26H34N6O7S. The van der Waals surface area contributed by atoms with Crippen LogP contribution in [0.1, 0.15) is 45.6 Å². The number of nitrogens with zero attached hydrogens (tertiary/aromatic N) is 4. The van der Waals surface area contributed by atoms with E-state index in [-0.39, 0.29) is 24.4 Å².